The zero-order chi connectivity index (χ0) is 31.4. The highest BCUT2D eigenvalue weighted by Gasteiger charge is 2.18. The topological polar surface area (TPSA) is 3.24 Å². The molecule has 0 aliphatic carbocycles. The van der Waals surface area contributed by atoms with Crippen molar-refractivity contribution in [1.29, 1.82) is 0 Å². The lowest BCUT2D eigenvalue weighted by Crippen LogP contribution is -2.10. The van der Waals surface area contributed by atoms with Crippen molar-refractivity contribution in [3.8, 4) is 44.5 Å². The normalized spacial score (nSPS) is 11.0. The number of anilines is 3. The Labute approximate surface area is 276 Å². The highest BCUT2D eigenvalue weighted by atomic mass is 15.1. The number of rotatable bonds is 7. The van der Waals surface area contributed by atoms with Gasteiger partial charge in [0.1, 0.15) is 0 Å². The van der Waals surface area contributed by atoms with Crippen LogP contribution in [-0.4, -0.2) is 0 Å². The molecule has 0 spiro atoms. The lowest BCUT2D eigenvalue weighted by Gasteiger charge is -2.28. The Morgan fingerprint density at radius 2 is 0.787 bits per heavy atom. The van der Waals surface area contributed by atoms with Gasteiger partial charge in [0.15, 0.2) is 0 Å². The molecule has 47 heavy (non-hydrogen) atoms. The van der Waals surface area contributed by atoms with Crippen LogP contribution in [0.3, 0.4) is 0 Å². The molecule has 222 valence electrons. The summed E-state index contributed by atoms with van der Waals surface area (Å²) in [6.45, 7) is 0. The summed E-state index contributed by atoms with van der Waals surface area (Å²) in [7, 11) is 0. The highest BCUT2D eigenvalue weighted by molar-refractivity contribution is 6.00. The third-order valence-electron chi connectivity index (χ3n) is 8.87. The van der Waals surface area contributed by atoms with Crippen molar-refractivity contribution in [1.82, 2.24) is 0 Å². The fourth-order valence-corrected chi connectivity index (χ4v) is 6.54. The molecule has 8 aromatic rings. The van der Waals surface area contributed by atoms with E-state index in [4.69, 9.17) is 0 Å². The van der Waals surface area contributed by atoms with E-state index in [-0.39, 0.29) is 0 Å². The van der Waals surface area contributed by atoms with E-state index in [1.807, 2.05) is 0 Å². The van der Waals surface area contributed by atoms with Gasteiger partial charge in [-0.3, -0.25) is 0 Å². The molecule has 8 aromatic carbocycles. The van der Waals surface area contributed by atoms with E-state index in [1.54, 1.807) is 0 Å². The van der Waals surface area contributed by atoms with Crippen molar-refractivity contribution in [2.24, 2.45) is 0 Å². The second-order valence-corrected chi connectivity index (χ2v) is 11.8. The van der Waals surface area contributed by atoms with Gasteiger partial charge in [0.05, 0.1) is 5.69 Å². The van der Waals surface area contributed by atoms with Crippen molar-refractivity contribution in [2.75, 3.05) is 4.90 Å². The van der Waals surface area contributed by atoms with E-state index in [0.717, 1.165) is 17.1 Å². The summed E-state index contributed by atoms with van der Waals surface area (Å²) in [5.41, 5.74) is 13.0. The maximum absolute atomic E-state index is 2.40. The molecule has 0 fully saturated rings. The van der Waals surface area contributed by atoms with Gasteiger partial charge in [-0.25, -0.2) is 0 Å². The molecule has 0 radical (unpaired) electrons. The average Bonchev–Trinajstić information content (AvgIpc) is 3.16. The Morgan fingerprint density at radius 1 is 0.277 bits per heavy atom. The van der Waals surface area contributed by atoms with Crippen LogP contribution in [0.4, 0.5) is 17.1 Å². The van der Waals surface area contributed by atoms with Crippen LogP contribution in [-0.2, 0) is 0 Å². The summed E-state index contributed by atoms with van der Waals surface area (Å²) >= 11 is 0. The fourth-order valence-electron chi connectivity index (χ4n) is 6.54. The van der Waals surface area contributed by atoms with Gasteiger partial charge in [0.25, 0.3) is 0 Å². The Kier molecular flexibility index (Phi) is 7.63. The monoisotopic (exact) mass is 599 g/mol. The molecular weight excluding hydrogens is 567 g/mol. The van der Waals surface area contributed by atoms with Crippen molar-refractivity contribution >= 4 is 27.8 Å². The molecule has 0 bridgehead atoms. The Bertz CT molecular complexity index is 2270. The van der Waals surface area contributed by atoms with Crippen LogP contribution in [0.1, 0.15) is 0 Å². The van der Waals surface area contributed by atoms with E-state index in [2.05, 4.69) is 205 Å². The largest absolute Gasteiger partial charge is 0.310 e. The third-order valence-corrected chi connectivity index (χ3v) is 8.87. The second-order valence-electron chi connectivity index (χ2n) is 11.8. The number of fused-ring (bicyclic) bond motifs is 1. The minimum Gasteiger partial charge on any atom is -0.310 e. The Balaban J connectivity index is 1.31. The zero-order valence-electron chi connectivity index (χ0n) is 26.0. The minimum absolute atomic E-state index is 1.11. The molecule has 0 aromatic heterocycles. The number of benzene rings is 8. The first-order chi connectivity index (χ1) is 23.3. The quantitative estimate of drug-likeness (QED) is 0.176. The second kappa shape index (κ2) is 12.7. The van der Waals surface area contributed by atoms with Gasteiger partial charge in [0, 0.05) is 16.8 Å². The van der Waals surface area contributed by atoms with Crippen LogP contribution in [0.2, 0.25) is 0 Å². The first-order valence-electron chi connectivity index (χ1n) is 16.1. The molecule has 0 amide bonds. The van der Waals surface area contributed by atoms with Crippen molar-refractivity contribution in [3.05, 3.63) is 200 Å². The minimum atomic E-state index is 1.11. The molecule has 0 aliphatic rings. The molecule has 1 heteroatoms. The maximum Gasteiger partial charge on any atom is 0.0540 e. The van der Waals surface area contributed by atoms with Crippen LogP contribution in [0, 0.1) is 0 Å². The smallest absolute Gasteiger partial charge is 0.0540 e. The molecule has 1 nitrogen and oxygen atoms in total. The lowest BCUT2D eigenvalue weighted by molar-refractivity contribution is 1.30. The lowest BCUT2D eigenvalue weighted by atomic mass is 9.91. The SMILES string of the molecule is c1ccc(-c2ccc(N(c3ccc(-c4cccc(-c5ccccc5)c4)c(-c4ccccc4)c3)c3cccc4ccccc34)cc2)cc1. The summed E-state index contributed by atoms with van der Waals surface area (Å²) in [6, 6.07) is 71.9. The van der Waals surface area contributed by atoms with E-state index in [0.29, 0.717) is 0 Å². The van der Waals surface area contributed by atoms with Gasteiger partial charge in [-0.1, -0.05) is 164 Å². The predicted molar refractivity (Wildman–Crippen MR) is 200 cm³/mol. The first-order valence-corrected chi connectivity index (χ1v) is 16.1. The standard InChI is InChI=1S/C46H33N/c1-4-14-34(15-5-1)36-26-28-41(29-27-36)47(46-25-13-21-37-20-10-11-24-44(37)46)42-30-31-43(45(33-42)38-18-8-3-9-19-38)40-23-12-22-39(32-40)35-16-6-2-7-17-35/h1-33H. The molecule has 0 aliphatic heterocycles. The van der Waals surface area contributed by atoms with Gasteiger partial charge < -0.3 is 4.90 Å². The van der Waals surface area contributed by atoms with E-state index >= 15 is 0 Å². The molecule has 0 heterocycles. The van der Waals surface area contributed by atoms with Gasteiger partial charge in [-0.05, 0) is 86.3 Å². The van der Waals surface area contributed by atoms with Crippen molar-refractivity contribution < 1.29 is 0 Å². The van der Waals surface area contributed by atoms with Gasteiger partial charge in [0.2, 0.25) is 0 Å². The Morgan fingerprint density at radius 3 is 1.51 bits per heavy atom. The van der Waals surface area contributed by atoms with E-state index in [9.17, 15) is 0 Å². The number of hydrogen-bond donors (Lipinski definition) is 0. The third kappa shape index (κ3) is 5.72. The molecule has 8 rings (SSSR count). The van der Waals surface area contributed by atoms with Crippen LogP contribution in [0.15, 0.2) is 200 Å². The molecular formula is C46H33N. The molecule has 0 saturated carbocycles. The predicted octanol–water partition coefficient (Wildman–Crippen LogP) is 13.0. The van der Waals surface area contributed by atoms with E-state index in [1.165, 1.54) is 55.3 Å². The zero-order valence-corrected chi connectivity index (χ0v) is 26.0. The van der Waals surface area contributed by atoms with Crippen LogP contribution < -0.4 is 4.90 Å². The summed E-state index contributed by atoms with van der Waals surface area (Å²) in [6.07, 6.45) is 0. The van der Waals surface area contributed by atoms with Gasteiger partial charge in [-0.2, -0.15) is 0 Å². The highest BCUT2D eigenvalue weighted by Crippen LogP contribution is 2.43. The number of hydrogen-bond acceptors (Lipinski definition) is 1. The van der Waals surface area contributed by atoms with Crippen molar-refractivity contribution in [2.45, 2.75) is 0 Å². The van der Waals surface area contributed by atoms with Crippen molar-refractivity contribution in [3.63, 3.8) is 0 Å². The Hall–Kier alpha value is -6.18. The molecule has 0 N–H and O–H groups in total. The van der Waals surface area contributed by atoms with Gasteiger partial charge >= 0.3 is 0 Å². The first kappa shape index (κ1) is 28.3. The molecule has 0 atom stereocenters. The summed E-state index contributed by atoms with van der Waals surface area (Å²) in [5.74, 6) is 0. The van der Waals surface area contributed by atoms with E-state index < -0.39 is 0 Å². The summed E-state index contributed by atoms with van der Waals surface area (Å²) < 4.78 is 0. The van der Waals surface area contributed by atoms with Crippen LogP contribution >= 0.6 is 0 Å². The summed E-state index contributed by atoms with van der Waals surface area (Å²) in [4.78, 5) is 2.40. The number of nitrogens with zero attached hydrogens (tertiary/aromatic N) is 1. The van der Waals surface area contributed by atoms with Crippen LogP contribution in [0.25, 0.3) is 55.3 Å². The van der Waals surface area contributed by atoms with Gasteiger partial charge in [-0.15, -0.1) is 0 Å². The maximum atomic E-state index is 2.40. The average molecular weight is 600 g/mol. The van der Waals surface area contributed by atoms with Crippen LogP contribution in [0.5, 0.6) is 0 Å². The molecule has 0 saturated heterocycles. The molecule has 0 unspecified atom stereocenters. The fraction of sp³-hybridized carbons (Fsp3) is 0. The summed E-state index contributed by atoms with van der Waals surface area (Å²) in [5, 5.41) is 2.43.